The van der Waals surface area contributed by atoms with Crippen LogP contribution in [-0.4, -0.2) is 36.7 Å². The predicted octanol–water partition coefficient (Wildman–Crippen LogP) is 4.69. The number of hydrogen-bond acceptors (Lipinski definition) is 6. The summed E-state index contributed by atoms with van der Waals surface area (Å²) in [7, 11) is 3.64. The molecule has 0 radical (unpaired) electrons. The number of carbonyl (C=O) groups excluding carboxylic acids is 1. The number of likely N-dealkylation sites (N-methyl/N-ethyl adjacent to an activating group) is 1. The summed E-state index contributed by atoms with van der Waals surface area (Å²) in [5.41, 5.74) is 1.92. The van der Waals surface area contributed by atoms with Gasteiger partial charge in [0, 0.05) is 18.5 Å². The Kier molecular flexibility index (Phi) is 4.88. The quantitative estimate of drug-likeness (QED) is 0.703. The Morgan fingerprint density at radius 1 is 1.07 bits per heavy atom. The number of carbonyl (C=O) groups is 1. The first kappa shape index (κ1) is 18.0. The molecule has 2 aromatic carbocycles. The second kappa shape index (κ2) is 7.32. The van der Waals surface area contributed by atoms with Gasteiger partial charge in [-0.25, -0.2) is 4.99 Å². The highest BCUT2D eigenvalue weighted by molar-refractivity contribution is 8.19. The average Bonchev–Trinajstić information content (AvgIpc) is 3.19. The number of ether oxygens (including phenoxy) is 1. The summed E-state index contributed by atoms with van der Waals surface area (Å²) in [6.07, 6.45) is 0. The molecule has 1 amide bonds. The van der Waals surface area contributed by atoms with E-state index in [1.54, 1.807) is 23.8 Å². The molecule has 0 saturated carbocycles. The smallest absolute Gasteiger partial charge is 0.269 e. The van der Waals surface area contributed by atoms with Gasteiger partial charge in [-0.2, -0.15) is 0 Å². The van der Waals surface area contributed by atoms with Crippen molar-refractivity contribution in [2.45, 2.75) is 11.8 Å². The third-order valence-corrected chi connectivity index (χ3v) is 6.84. The Morgan fingerprint density at radius 2 is 1.81 bits per heavy atom. The predicted molar refractivity (Wildman–Crippen MR) is 113 cm³/mol. The first-order valence-corrected chi connectivity index (χ1v) is 10.2. The number of aliphatic imine (C=N–C) groups is 1. The molecule has 0 unspecified atom stereocenters. The normalized spacial score (nSPS) is 20.6. The van der Waals surface area contributed by atoms with Crippen molar-refractivity contribution in [2.24, 2.45) is 4.99 Å². The van der Waals surface area contributed by atoms with Crippen LogP contribution >= 0.6 is 23.5 Å². The Morgan fingerprint density at radius 3 is 2.48 bits per heavy atom. The second-order valence-electron chi connectivity index (χ2n) is 6.01. The molecule has 4 rings (SSSR count). The molecule has 27 heavy (non-hydrogen) atoms. The maximum atomic E-state index is 13.0. The molecule has 7 heteroatoms. The van der Waals surface area contributed by atoms with Crippen LogP contribution in [0.3, 0.4) is 0 Å². The van der Waals surface area contributed by atoms with Crippen LogP contribution in [0, 0.1) is 0 Å². The Balaban J connectivity index is 1.69. The molecule has 0 bridgehead atoms. The van der Waals surface area contributed by atoms with E-state index in [2.05, 4.69) is 17.0 Å². The third kappa shape index (κ3) is 3.21. The van der Waals surface area contributed by atoms with E-state index >= 15 is 0 Å². The highest BCUT2D eigenvalue weighted by Crippen LogP contribution is 2.49. The van der Waals surface area contributed by atoms with Crippen molar-refractivity contribution in [3.8, 4) is 5.75 Å². The minimum absolute atomic E-state index is 0.0110. The Bertz CT molecular complexity index is 954. The van der Waals surface area contributed by atoms with Crippen LogP contribution in [0.15, 0.2) is 68.4 Å². The molecule has 0 N–H and O–H groups in total. The van der Waals surface area contributed by atoms with Crippen molar-refractivity contribution in [3.63, 3.8) is 0 Å². The van der Waals surface area contributed by atoms with Crippen LogP contribution in [0.2, 0.25) is 0 Å². The number of thioether (sulfide) groups is 2. The zero-order valence-corrected chi connectivity index (χ0v) is 16.9. The van der Waals surface area contributed by atoms with E-state index in [0.29, 0.717) is 11.7 Å². The number of para-hydroxylation sites is 1. The van der Waals surface area contributed by atoms with Crippen LogP contribution in [-0.2, 0) is 4.79 Å². The Labute approximate surface area is 167 Å². The molecular formula is C20H19N3O2S2. The summed E-state index contributed by atoms with van der Waals surface area (Å²) in [6, 6.07) is 15.7. The number of rotatable bonds is 3. The number of amidine groups is 1. The summed E-state index contributed by atoms with van der Waals surface area (Å²) in [6.45, 7) is 2.55. The van der Waals surface area contributed by atoms with Crippen molar-refractivity contribution < 1.29 is 9.53 Å². The van der Waals surface area contributed by atoms with Crippen LogP contribution in [0.5, 0.6) is 5.75 Å². The van der Waals surface area contributed by atoms with Gasteiger partial charge in [0.25, 0.3) is 5.91 Å². The van der Waals surface area contributed by atoms with Crippen LogP contribution < -0.4 is 9.64 Å². The first-order valence-electron chi connectivity index (χ1n) is 8.59. The van der Waals surface area contributed by atoms with Crippen LogP contribution in [0.4, 0.5) is 11.4 Å². The molecule has 0 atom stereocenters. The first-order chi connectivity index (χ1) is 13.1. The third-order valence-electron chi connectivity index (χ3n) is 4.41. The lowest BCUT2D eigenvalue weighted by Crippen LogP contribution is -2.29. The van der Waals surface area contributed by atoms with Gasteiger partial charge in [-0.15, -0.1) is 0 Å². The summed E-state index contributed by atoms with van der Waals surface area (Å²) in [4.78, 5) is 23.4. The molecule has 2 heterocycles. The zero-order valence-electron chi connectivity index (χ0n) is 15.3. The molecule has 1 fully saturated rings. The highest BCUT2D eigenvalue weighted by atomic mass is 32.2. The van der Waals surface area contributed by atoms with Gasteiger partial charge in [-0.3, -0.25) is 9.69 Å². The standard InChI is InChI=1S/C20H19N3O2S2/c1-4-23-18(24)17(19-22(2)15-7-5-6-8-16(15)26-19)27-20(23)21-13-9-11-14(25-3)12-10-13/h5-12H,4H2,1-3H3/b19-17-,21-20?. The molecule has 0 aliphatic carbocycles. The van der Waals surface area contributed by atoms with Gasteiger partial charge in [0.15, 0.2) is 5.17 Å². The lowest BCUT2D eigenvalue weighted by Gasteiger charge is -2.15. The number of amides is 1. The fourth-order valence-electron chi connectivity index (χ4n) is 2.97. The number of fused-ring (bicyclic) bond motifs is 1. The second-order valence-corrected chi connectivity index (χ2v) is 8.02. The number of hydrogen-bond donors (Lipinski definition) is 0. The van der Waals surface area contributed by atoms with Crippen LogP contribution in [0.25, 0.3) is 0 Å². The van der Waals surface area contributed by atoms with Crippen molar-refractivity contribution in [1.82, 2.24) is 4.90 Å². The molecule has 0 spiro atoms. The van der Waals surface area contributed by atoms with Gasteiger partial charge < -0.3 is 9.64 Å². The fraction of sp³-hybridized carbons (Fsp3) is 0.200. The van der Waals surface area contributed by atoms with Crippen LogP contribution in [0.1, 0.15) is 6.92 Å². The lowest BCUT2D eigenvalue weighted by molar-refractivity contribution is -0.122. The minimum atomic E-state index is 0.0110. The fourth-order valence-corrected chi connectivity index (χ4v) is 5.37. The van der Waals surface area contributed by atoms with Gasteiger partial charge in [-0.05, 0) is 55.1 Å². The molecule has 138 valence electrons. The van der Waals surface area contributed by atoms with E-state index in [4.69, 9.17) is 9.73 Å². The Hall–Kier alpha value is -2.38. The molecule has 5 nitrogen and oxygen atoms in total. The molecule has 2 aliphatic heterocycles. The van der Waals surface area contributed by atoms with E-state index in [-0.39, 0.29) is 5.91 Å². The average molecular weight is 398 g/mol. The maximum Gasteiger partial charge on any atom is 0.269 e. The molecule has 2 aliphatic rings. The summed E-state index contributed by atoms with van der Waals surface area (Å²) >= 11 is 3.08. The lowest BCUT2D eigenvalue weighted by atomic mass is 10.3. The molecule has 0 aromatic heterocycles. The number of benzene rings is 2. The number of nitrogens with zero attached hydrogens (tertiary/aromatic N) is 3. The SMILES string of the molecule is CCN1C(=O)/C(=C2/Sc3ccccc3N2C)SC1=Nc1ccc(OC)cc1. The van der Waals surface area contributed by atoms with Crippen molar-refractivity contribution in [3.05, 3.63) is 58.5 Å². The summed E-state index contributed by atoms with van der Waals surface area (Å²) in [5.74, 6) is 0.794. The van der Waals surface area contributed by atoms with E-state index in [0.717, 1.165) is 27.1 Å². The van der Waals surface area contributed by atoms with Crippen molar-refractivity contribution in [1.29, 1.82) is 0 Å². The molecular weight excluding hydrogens is 378 g/mol. The van der Waals surface area contributed by atoms with Crippen molar-refractivity contribution >= 4 is 46.0 Å². The summed E-state index contributed by atoms with van der Waals surface area (Å²) < 4.78 is 5.19. The monoisotopic (exact) mass is 397 g/mol. The van der Waals surface area contributed by atoms with Crippen molar-refractivity contribution in [2.75, 3.05) is 25.6 Å². The topological polar surface area (TPSA) is 45.1 Å². The maximum absolute atomic E-state index is 13.0. The number of anilines is 1. The molecule has 1 saturated heterocycles. The largest absolute Gasteiger partial charge is 0.497 e. The van der Waals surface area contributed by atoms with E-state index in [1.165, 1.54) is 16.7 Å². The zero-order chi connectivity index (χ0) is 19.0. The minimum Gasteiger partial charge on any atom is -0.497 e. The van der Waals surface area contributed by atoms with E-state index < -0.39 is 0 Å². The van der Waals surface area contributed by atoms with Gasteiger partial charge >= 0.3 is 0 Å². The van der Waals surface area contributed by atoms with E-state index in [1.807, 2.05) is 50.4 Å². The highest BCUT2D eigenvalue weighted by Gasteiger charge is 2.38. The van der Waals surface area contributed by atoms with Gasteiger partial charge in [0.2, 0.25) is 0 Å². The van der Waals surface area contributed by atoms with Gasteiger partial charge in [-0.1, -0.05) is 23.9 Å². The number of methoxy groups -OCH3 is 1. The van der Waals surface area contributed by atoms with Gasteiger partial charge in [0.05, 0.1) is 23.5 Å². The molecule has 2 aromatic rings. The van der Waals surface area contributed by atoms with E-state index in [9.17, 15) is 4.79 Å². The summed E-state index contributed by atoms with van der Waals surface area (Å²) in [5, 5.41) is 1.67. The van der Waals surface area contributed by atoms with Gasteiger partial charge in [0.1, 0.15) is 10.7 Å².